The third-order valence-corrected chi connectivity index (χ3v) is 4.14. The van der Waals surface area contributed by atoms with Crippen LogP contribution in [0.1, 0.15) is 18.2 Å². The number of benzene rings is 1. The van der Waals surface area contributed by atoms with Gasteiger partial charge in [-0.25, -0.2) is 4.98 Å². The molecule has 0 atom stereocenters. The first-order valence-corrected chi connectivity index (χ1v) is 8.78. The summed E-state index contributed by atoms with van der Waals surface area (Å²) in [7, 11) is 0. The number of nitrogens with one attached hydrogen (secondary N) is 1. The summed E-state index contributed by atoms with van der Waals surface area (Å²) < 4.78 is 34.0. The van der Waals surface area contributed by atoms with Crippen molar-refractivity contribution in [2.75, 3.05) is 12.0 Å². The number of alkyl halides is 2. The molecule has 1 N–H and O–H groups in total. The molecule has 0 spiro atoms. The number of nitrogens with zero attached hydrogens (tertiary/aromatic N) is 2. The maximum absolute atomic E-state index is 12.2. The van der Waals surface area contributed by atoms with Gasteiger partial charge < -0.3 is 9.47 Å². The van der Waals surface area contributed by atoms with Gasteiger partial charge in [0.15, 0.2) is 0 Å². The number of aromatic nitrogens is 1. The topological polar surface area (TPSA) is 72.8 Å². The van der Waals surface area contributed by atoms with Gasteiger partial charge in [0.2, 0.25) is 5.13 Å². The van der Waals surface area contributed by atoms with Gasteiger partial charge in [0.1, 0.15) is 5.75 Å². The maximum atomic E-state index is 12.2. The first-order valence-electron chi connectivity index (χ1n) is 7.11. The van der Waals surface area contributed by atoms with E-state index in [0.29, 0.717) is 27.5 Å². The van der Waals surface area contributed by atoms with E-state index in [9.17, 15) is 13.6 Å². The Kier molecular flexibility index (Phi) is 7.26. The zero-order valence-corrected chi connectivity index (χ0v) is 15.4. The van der Waals surface area contributed by atoms with Crippen LogP contribution in [0.2, 0.25) is 0 Å². The van der Waals surface area contributed by atoms with E-state index in [4.69, 9.17) is 4.74 Å². The number of hydrogen-bond donors (Lipinski definition) is 1. The maximum Gasteiger partial charge on any atom is 0.387 e. The number of anilines is 1. The molecule has 0 amide bonds. The zero-order valence-electron chi connectivity index (χ0n) is 13.0. The van der Waals surface area contributed by atoms with E-state index in [1.165, 1.54) is 23.6 Å². The molecule has 0 fully saturated rings. The van der Waals surface area contributed by atoms with Crippen LogP contribution in [0.5, 0.6) is 5.75 Å². The van der Waals surface area contributed by atoms with Crippen molar-refractivity contribution >= 4 is 44.6 Å². The van der Waals surface area contributed by atoms with Gasteiger partial charge in [0.25, 0.3) is 0 Å². The first kappa shape index (κ1) is 19.3. The summed E-state index contributed by atoms with van der Waals surface area (Å²) in [5, 5.41) is 6.28. The van der Waals surface area contributed by atoms with Crippen LogP contribution in [0.15, 0.2) is 33.2 Å². The fourth-order valence-corrected chi connectivity index (χ4v) is 2.90. The molecule has 25 heavy (non-hydrogen) atoms. The highest BCUT2D eigenvalue weighted by Gasteiger charge is 2.09. The van der Waals surface area contributed by atoms with E-state index in [1.807, 2.05) is 0 Å². The van der Waals surface area contributed by atoms with Crippen molar-refractivity contribution in [2.45, 2.75) is 20.0 Å². The van der Waals surface area contributed by atoms with Crippen LogP contribution in [0.25, 0.3) is 0 Å². The van der Waals surface area contributed by atoms with Crippen LogP contribution >= 0.6 is 27.3 Å². The Balaban J connectivity index is 1.91. The second-order valence-corrected chi connectivity index (χ2v) is 6.28. The van der Waals surface area contributed by atoms with Crippen molar-refractivity contribution < 1.29 is 23.0 Å². The minimum absolute atomic E-state index is 0.0450. The molecule has 2 aromatic rings. The highest BCUT2D eigenvalue weighted by atomic mass is 79.9. The molecule has 0 aliphatic heterocycles. The lowest BCUT2D eigenvalue weighted by Gasteiger charge is -2.06. The smallest absolute Gasteiger partial charge is 0.387 e. The molecule has 0 radical (unpaired) electrons. The number of halogens is 3. The van der Waals surface area contributed by atoms with Gasteiger partial charge in [-0.1, -0.05) is 0 Å². The van der Waals surface area contributed by atoms with Crippen molar-refractivity contribution in [1.82, 2.24) is 4.98 Å². The lowest BCUT2D eigenvalue weighted by Crippen LogP contribution is -2.07. The van der Waals surface area contributed by atoms with E-state index >= 15 is 0 Å². The van der Waals surface area contributed by atoms with Gasteiger partial charge in [0.05, 0.1) is 29.4 Å². The fraction of sp³-hybridized carbons (Fsp3) is 0.267. The number of carbonyl (C=O) groups is 1. The van der Waals surface area contributed by atoms with Crippen molar-refractivity contribution in [3.05, 3.63) is 39.3 Å². The molecular formula is C15H14BrF2N3O3S. The van der Waals surface area contributed by atoms with Gasteiger partial charge >= 0.3 is 12.6 Å². The highest BCUT2D eigenvalue weighted by molar-refractivity contribution is 9.10. The molecule has 1 heterocycles. The number of ether oxygens (including phenoxy) is 2. The van der Waals surface area contributed by atoms with Gasteiger partial charge in [-0.3, -0.25) is 10.2 Å². The summed E-state index contributed by atoms with van der Waals surface area (Å²) in [6.07, 6.45) is 1.61. The molecular weight excluding hydrogens is 420 g/mol. The molecule has 0 saturated heterocycles. The molecule has 0 aliphatic carbocycles. The van der Waals surface area contributed by atoms with Crippen molar-refractivity contribution in [2.24, 2.45) is 5.10 Å². The second-order valence-electron chi connectivity index (χ2n) is 4.56. The third kappa shape index (κ3) is 6.39. The number of carbonyl (C=O) groups excluding carboxylic acids is 1. The molecule has 0 saturated carbocycles. The number of esters is 1. The average molecular weight is 434 g/mol. The molecule has 0 aliphatic rings. The molecule has 2 rings (SSSR count). The van der Waals surface area contributed by atoms with E-state index in [2.05, 4.69) is 36.2 Å². The highest BCUT2D eigenvalue weighted by Crippen LogP contribution is 2.27. The van der Waals surface area contributed by atoms with Crippen LogP contribution in [-0.2, 0) is 16.0 Å². The Labute approximate surface area is 155 Å². The Morgan fingerprint density at radius 3 is 3.00 bits per heavy atom. The molecule has 1 aromatic heterocycles. The van der Waals surface area contributed by atoms with Gasteiger partial charge in [-0.05, 0) is 46.6 Å². The zero-order chi connectivity index (χ0) is 18.2. The normalized spacial score (nSPS) is 11.1. The number of hydrazone groups is 1. The third-order valence-electron chi connectivity index (χ3n) is 2.73. The van der Waals surface area contributed by atoms with E-state index in [0.717, 1.165) is 0 Å². The summed E-state index contributed by atoms with van der Waals surface area (Å²) in [6.45, 7) is -0.813. The molecule has 1 aromatic carbocycles. The number of rotatable bonds is 8. The Hall–Kier alpha value is -2.07. The predicted octanol–water partition coefficient (Wildman–Crippen LogP) is 4.06. The largest absolute Gasteiger partial charge is 0.466 e. The summed E-state index contributed by atoms with van der Waals surface area (Å²) in [6, 6.07) is 4.59. The van der Waals surface area contributed by atoms with E-state index in [-0.39, 0.29) is 18.1 Å². The van der Waals surface area contributed by atoms with Gasteiger partial charge in [-0.15, -0.1) is 11.3 Å². The second kappa shape index (κ2) is 9.42. The predicted molar refractivity (Wildman–Crippen MR) is 94.4 cm³/mol. The summed E-state index contributed by atoms with van der Waals surface area (Å²) in [5.74, 6) is -0.289. The molecule has 6 nitrogen and oxygen atoms in total. The fourth-order valence-electron chi connectivity index (χ4n) is 1.75. The van der Waals surface area contributed by atoms with Crippen LogP contribution < -0.4 is 10.2 Å². The van der Waals surface area contributed by atoms with Crippen molar-refractivity contribution in [3.8, 4) is 5.75 Å². The van der Waals surface area contributed by atoms with Crippen LogP contribution in [0, 0.1) is 0 Å². The quantitative estimate of drug-likeness (QED) is 0.386. The van der Waals surface area contributed by atoms with Crippen LogP contribution in [-0.4, -0.2) is 30.4 Å². The SMILES string of the molecule is CCOC(=O)Cc1csc(NN=Cc2ccc(OC(F)F)c(Br)c2)n1. The van der Waals surface area contributed by atoms with E-state index in [1.54, 1.807) is 24.4 Å². The van der Waals surface area contributed by atoms with Crippen molar-refractivity contribution in [3.63, 3.8) is 0 Å². The Morgan fingerprint density at radius 2 is 2.32 bits per heavy atom. The van der Waals surface area contributed by atoms with Crippen LogP contribution in [0.4, 0.5) is 13.9 Å². The minimum atomic E-state index is -2.88. The lowest BCUT2D eigenvalue weighted by molar-refractivity contribution is -0.142. The molecule has 134 valence electrons. The monoisotopic (exact) mass is 433 g/mol. The van der Waals surface area contributed by atoms with Crippen molar-refractivity contribution in [1.29, 1.82) is 0 Å². The first-order chi connectivity index (χ1) is 12.0. The lowest BCUT2D eigenvalue weighted by atomic mass is 10.2. The van der Waals surface area contributed by atoms with E-state index < -0.39 is 6.61 Å². The van der Waals surface area contributed by atoms with Gasteiger partial charge in [-0.2, -0.15) is 13.9 Å². The number of hydrogen-bond acceptors (Lipinski definition) is 7. The molecule has 0 bridgehead atoms. The van der Waals surface area contributed by atoms with Gasteiger partial charge in [0, 0.05) is 5.38 Å². The Morgan fingerprint density at radius 1 is 1.52 bits per heavy atom. The summed E-state index contributed by atoms with van der Waals surface area (Å²) >= 11 is 4.46. The molecule has 0 unspecified atom stereocenters. The molecule has 10 heteroatoms. The average Bonchev–Trinajstić information content (AvgIpc) is 2.97. The number of thiazole rings is 1. The summed E-state index contributed by atoms with van der Waals surface area (Å²) in [5.41, 5.74) is 4.01. The Bertz CT molecular complexity index is 755. The standard InChI is InChI=1S/C15H14BrF2N3O3S/c1-2-23-13(22)6-10-8-25-15(20-10)21-19-7-9-3-4-12(11(16)5-9)24-14(17)18/h3-5,7-8,14H,2,6H2,1H3,(H,20,21). The van der Waals surface area contributed by atoms with Crippen LogP contribution in [0.3, 0.4) is 0 Å². The minimum Gasteiger partial charge on any atom is -0.466 e. The summed E-state index contributed by atoms with van der Waals surface area (Å²) in [4.78, 5) is 15.6.